The molecule has 0 aliphatic carbocycles. The van der Waals surface area contributed by atoms with E-state index in [0.717, 1.165) is 26.7 Å². The highest BCUT2D eigenvalue weighted by atomic mass is 32.2. The predicted molar refractivity (Wildman–Crippen MR) is 134 cm³/mol. The number of anilines is 3. The Bertz CT molecular complexity index is 1270. The summed E-state index contributed by atoms with van der Waals surface area (Å²) in [4.78, 5) is 8.36. The fourth-order valence-corrected chi connectivity index (χ4v) is 5.45. The van der Waals surface area contributed by atoms with E-state index in [1.54, 1.807) is 22.7 Å². The Balaban J connectivity index is 1.46. The average Bonchev–Trinajstić information content (AvgIpc) is 3.31. The molecule has 4 aromatic carbocycles. The third kappa shape index (κ3) is 4.50. The maximum Gasteiger partial charge on any atom is 0.171 e. The molecule has 1 aromatic heterocycles. The number of para-hydroxylation sites is 2. The third-order valence-electron chi connectivity index (χ3n) is 4.88. The van der Waals surface area contributed by atoms with Crippen LogP contribution in [-0.4, -0.2) is 0 Å². The van der Waals surface area contributed by atoms with Crippen LogP contribution in [0.3, 0.4) is 0 Å². The maximum absolute atomic E-state index is 4.85. The van der Waals surface area contributed by atoms with E-state index in [1.807, 2.05) is 18.2 Å². The minimum atomic E-state index is 0.961. The number of hydrogen-bond acceptors (Lipinski definition) is 4. The lowest BCUT2D eigenvalue weighted by atomic mass is 10.2. The van der Waals surface area contributed by atoms with Crippen LogP contribution in [-0.2, 0) is 0 Å². The molecule has 0 atom stereocenters. The van der Waals surface area contributed by atoms with Gasteiger partial charge in [-0.3, -0.25) is 0 Å². The van der Waals surface area contributed by atoms with E-state index in [-0.39, 0.29) is 0 Å². The van der Waals surface area contributed by atoms with Gasteiger partial charge in [0.05, 0.1) is 5.69 Å². The molecule has 0 amide bonds. The molecule has 31 heavy (non-hydrogen) atoms. The maximum atomic E-state index is 4.85. The van der Waals surface area contributed by atoms with Crippen LogP contribution in [0.25, 0.3) is 10.4 Å². The van der Waals surface area contributed by atoms with Crippen LogP contribution < -0.4 is 8.88 Å². The summed E-state index contributed by atoms with van der Waals surface area (Å²) in [5.74, 6) is 0. The molecule has 0 bridgehead atoms. The lowest BCUT2D eigenvalue weighted by Gasteiger charge is -2.25. The quantitative estimate of drug-likeness (QED) is 0.271. The first-order valence-electron chi connectivity index (χ1n) is 10.1. The summed E-state index contributed by atoms with van der Waals surface area (Å²) in [6.45, 7) is 0. The molecule has 0 aliphatic rings. The smallest absolute Gasteiger partial charge is 0.171 e. The van der Waals surface area contributed by atoms with Gasteiger partial charge in [-0.2, -0.15) is 0 Å². The Morgan fingerprint density at radius 3 is 1.65 bits per heavy atom. The van der Waals surface area contributed by atoms with Gasteiger partial charge >= 0.3 is 0 Å². The van der Waals surface area contributed by atoms with Crippen molar-refractivity contribution >= 4 is 45.4 Å². The van der Waals surface area contributed by atoms with Gasteiger partial charge in [-0.15, -0.1) is 22.7 Å². The summed E-state index contributed by atoms with van der Waals surface area (Å²) in [7, 11) is 0. The molecule has 0 aliphatic heterocycles. The van der Waals surface area contributed by atoms with Crippen molar-refractivity contribution in [2.24, 2.45) is 4.99 Å². The Labute approximate surface area is 190 Å². The van der Waals surface area contributed by atoms with Crippen molar-refractivity contribution in [1.29, 1.82) is 0 Å². The molecule has 0 spiro atoms. The Morgan fingerprint density at radius 2 is 1.06 bits per heavy atom. The van der Waals surface area contributed by atoms with E-state index in [0.29, 0.717) is 0 Å². The van der Waals surface area contributed by atoms with Gasteiger partial charge in [0.2, 0.25) is 0 Å². The largest absolute Gasteiger partial charge is 0.311 e. The number of rotatable bonds is 5. The van der Waals surface area contributed by atoms with Crippen LogP contribution in [0.4, 0.5) is 22.7 Å². The number of hydrogen-bond donors (Lipinski definition) is 0. The van der Waals surface area contributed by atoms with Crippen molar-refractivity contribution in [2.45, 2.75) is 0 Å². The molecule has 1 heterocycles. The second kappa shape index (κ2) is 9.13. The van der Waals surface area contributed by atoms with Crippen molar-refractivity contribution < 1.29 is 0 Å². The van der Waals surface area contributed by atoms with E-state index in [9.17, 15) is 0 Å². The summed E-state index contributed by atoms with van der Waals surface area (Å²) < 4.78 is 1.05. The van der Waals surface area contributed by atoms with Crippen LogP contribution in [0.1, 0.15) is 0 Å². The first-order valence-corrected chi connectivity index (χ1v) is 11.8. The Hall–Kier alpha value is -3.47. The second-order valence-electron chi connectivity index (χ2n) is 6.97. The zero-order valence-electron chi connectivity index (χ0n) is 16.8. The molecule has 0 N–H and O–H groups in total. The monoisotopic (exact) mass is 436 g/mol. The molecule has 0 saturated heterocycles. The summed E-state index contributed by atoms with van der Waals surface area (Å²) >= 11 is 3.41. The third-order valence-corrected chi connectivity index (χ3v) is 7.05. The van der Waals surface area contributed by atoms with Gasteiger partial charge < -0.3 is 4.90 Å². The van der Waals surface area contributed by atoms with E-state index in [4.69, 9.17) is 4.99 Å². The molecule has 0 radical (unpaired) electrons. The highest BCUT2D eigenvalue weighted by molar-refractivity contribution is 7.28. The van der Waals surface area contributed by atoms with Crippen molar-refractivity contribution in [2.75, 3.05) is 4.90 Å². The highest BCUT2D eigenvalue weighted by Gasteiger charge is 2.11. The van der Waals surface area contributed by atoms with Crippen LogP contribution in [0.15, 0.2) is 126 Å². The van der Waals surface area contributed by atoms with Crippen molar-refractivity contribution in [3.05, 3.63) is 125 Å². The molecule has 0 fully saturated rings. The standard InChI is InChI=1S/C27H20N2S2/c1-4-10-21(11-5-1)26-20-30-27(31-26)28-22-16-18-25(19-17-22)29(23-12-6-2-7-13-23)24-14-8-3-9-15-24/h1-20H. The topological polar surface area (TPSA) is 15.6 Å². The minimum Gasteiger partial charge on any atom is -0.311 e. The second-order valence-corrected chi connectivity index (χ2v) is 9.12. The molecule has 0 unspecified atom stereocenters. The van der Waals surface area contributed by atoms with Crippen LogP contribution >= 0.6 is 22.7 Å². The fourth-order valence-electron chi connectivity index (χ4n) is 3.41. The van der Waals surface area contributed by atoms with E-state index in [1.165, 1.54) is 10.4 Å². The number of nitrogens with zero attached hydrogens (tertiary/aromatic N) is 2. The first kappa shape index (κ1) is 19.5. The highest BCUT2D eigenvalue weighted by Crippen LogP contribution is 2.35. The summed E-state index contributed by atoms with van der Waals surface area (Å²) in [6.07, 6.45) is 0. The number of benzene rings is 4. The Kier molecular flexibility index (Phi) is 5.74. The van der Waals surface area contributed by atoms with Gasteiger partial charge in [0.25, 0.3) is 0 Å². The molecule has 4 heteroatoms. The molecule has 150 valence electrons. The van der Waals surface area contributed by atoms with Gasteiger partial charge in [-0.25, -0.2) is 4.99 Å². The summed E-state index contributed by atoms with van der Waals surface area (Å²) in [6, 6.07) is 39.8. The molecule has 5 aromatic rings. The van der Waals surface area contributed by atoms with Gasteiger partial charge in [0.15, 0.2) is 3.98 Å². The van der Waals surface area contributed by atoms with Crippen LogP contribution in [0, 0.1) is 0 Å². The van der Waals surface area contributed by atoms with Gasteiger partial charge in [0.1, 0.15) is 0 Å². The lowest BCUT2D eigenvalue weighted by molar-refractivity contribution is 1.28. The van der Waals surface area contributed by atoms with Crippen LogP contribution in [0.2, 0.25) is 0 Å². The van der Waals surface area contributed by atoms with Gasteiger partial charge in [-0.05, 0) is 54.1 Å². The molecule has 2 nitrogen and oxygen atoms in total. The van der Waals surface area contributed by atoms with Crippen molar-refractivity contribution in [1.82, 2.24) is 0 Å². The summed E-state index contributed by atoms with van der Waals surface area (Å²) in [5, 5.41) is 2.18. The zero-order chi connectivity index (χ0) is 20.9. The van der Waals surface area contributed by atoms with Crippen molar-refractivity contribution in [3.8, 4) is 10.4 Å². The lowest BCUT2D eigenvalue weighted by Crippen LogP contribution is -2.09. The predicted octanol–water partition coefficient (Wildman–Crippen LogP) is 8.18. The van der Waals surface area contributed by atoms with Gasteiger partial charge in [-0.1, -0.05) is 66.7 Å². The van der Waals surface area contributed by atoms with Gasteiger partial charge in [0, 0.05) is 27.3 Å². The summed E-state index contributed by atoms with van der Waals surface area (Å²) in [5.41, 5.74) is 5.57. The van der Waals surface area contributed by atoms with Crippen molar-refractivity contribution in [3.63, 3.8) is 0 Å². The SMILES string of the molecule is c1ccc(-c2csc(=Nc3ccc(N(c4ccccc4)c4ccccc4)cc3)s2)cc1. The van der Waals surface area contributed by atoms with E-state index in [2.05, 4.69) is 107 Å². The van der Waals surface area contributed by atoms with E-state index < -0.39 is 0 Å². The molecular weight excluding hydrogens is 416 g/mol. The van der Waals surface area contributed by atoms with E-state index >= 15 is 0 Å². The molecule has 0 saturated carbocycles. The first-order chi connectivity index (χ1) is 15.4. The van der Waals surface area contributed by atoms with Crippen LogP contribution in [0.5, 0.6) is 0 Å². The average molecular weight is 437 g/mol. The minimum absolute atomic E-state index is 0.961. The molecule has 5 rings (SSSR count). The normalized spacial score (nSPS) is 11.4. The fraction of sp³-hybridized carbons (Fsp3) is 0. The zero-order valence-corrected chi connectivity index (χ0v) is 18.4. The Morgan fingerprint density at radius 1 is 0.548 bits per heavy atom. The molecular formula is C27H20N2S2.